The van der Waals surface area contributed by atoms with Crippen LogP contribution in [0, 0.1) is 0 Å². The predicted molar refractivity (Wildman–Crippen MR) is 104 cm³/mol. The van der Waals surface area contributed by atoms with E-state index in [-0.39, 0.29) is 12.5 Å². The van der Waals surface area contributed by atoms with Gasteiger partial charge in [0.1, 0.15) is 12.1 Å². The Kier molecular flexibility index (Phi) is 5.70. The first-order valence-electron chi connectivity index (χ1n) is 8.06. The van der Waals surface area contributed by atoms with Gasteiger partial charge in [-0.2, -0.15) is 4.98 Å². The van der Waals surface area contributed by atoms with E-state index < -0.39 is 0 Å². The fraction of sp³-hybridized carbons (Fsp3) is 0.278. The lowest BCUT2D eigenvalue weighted by atomic mass is 10.2. The summed E-state index contributed by atoms with van der Waals surface area (Å²) in [6.07, 6.45) is 1.90. The monoisotopic (exact) mass is 388 g/mol. The lowest BCUT2D eigenvalue weighted by molar-refractivity contribution is -0.116. The van der Waals surface area contributed by atoms with Gasteiger partial charge in [0.05, 0.1) is 21.3 Å². The number of amides is 1. The van der Waals surface area contributed by atoms with Crippen LogP contribution in [-0.4, -0.2) is 48.0 Å². The van der Waals surface area contributed by atoms with Crippen LogP contribution in [0.2, 0.25) is 0 Å². The summed E-state index contributed by atoms with van der Waals surface area (Å²) >= 11 is 1.45. The molecule has 3 aromatic rings. The molecule has 0 atom stereocenters. The summed E-state index contributed by atoms with van der Waals surface area (Å²) in [5.74, 6) is 1.40. The number of nitrogens with one attached hydrogen (secondary N) is 1. The van der Waals surface area contributed by atoms with Crippen molar-refractivity contribution in [1.82, 2.24) is 14.5 Å². The van der Waals surface area contributed by atoms with Crippen molar-refractivity contribution in [2.45, 2.75) is 11.7 Å². The van der Waals surface area contributed by atoms with Crippen LogP contribution >= 0.6 is 11.8 Å². The van der Waals surface area contributed by atoms with Crippen LogP contribution in [0.4, 0.5) is 5.69 Å². The van der Waals surface area contributed by atoms with E-state index in [0.29, 0.717) is 39.4 Å². The summed E-state index contributed by atoms with van der Waals surface area (Å²) in [4.78, 5) is 21.5. The molecule has 0 aliphatic heterocycles. The number of ether oxygens (including phenoxy) is 3. The first-order valence-corrected chi connectivity index (χ1v) is 9.29. The molecule has 1 amide bonds. The van der Waals surface area contributed by atoms with E-state index in [1.807, 2.05) is 12.3 Å². The van der Waals surface area contributed by atoms with Crippen LogP contribution < -0.4 is 19.5 Å². The second-order valence-electron chi connectivity index (χ2n) is 5.50. The second kappa shape index (κ2) is 8.17. The van der Waals surface area contributed by atoms with Gasteiger partial charge in [0, 0.05) is 17.8 Å². The number of fused-ring (bicyclic) bond motifs is 1. The van der Waals surface area contributed by atoms with Gasteiger partial charge in [0.2, 0.25) is 11.8 Å². The van der Waals surface area contributed by atoms with Crippen molar-refractivity contribution >= 4 is 34.5 Å². The lowest BCUT2D eigenvalue weighted by Gasteiger charge is -2.11. The number of thioether (sulfide) groups is 1. The van der Waals surface area contributed by atoms with Crippen molar-refractivity contribution in [2.75, 3.05) is 32.9 Å². The molecule has 9 heteroatoms. The number of nitrogens with zero attached hydrogens (tertiary/aromatic N) is 3. The van der Waals surface area contributed by atoms with E-state index in [2.05, 4.69) is 15.3 Å². The van der Waals surface area contributed by atoms with Gasteiger partial charge < -0.3 is 19.5 Å². The fourth-order valence-electron chi connectivity index (χ4n) is 2.63. The molecule has 27 heavy (non-hydrogen) atoms. The highest BCUT2D eigenvalue weighted by molar-refractivity contribution is 7.98. The number of benzene rings is 1. The molecule has 0 aliphatic rings. The van der Waals surface area contributed by atoms with Crippen LogP contribution in [0.1, 0.15) is 0 Å². The number of methoxy groups -OCH3 is 3. The minimum Gasteiger partial charge on any atom is -0.493 e. The summed E-state index contributed by atoms with van der Waals surface area (Å²) < 4.78 is 17.4. The third-order valence-corrected chi connectivity index (χ3v) is 4.57. The van der Waals surface area contributed by atoms with Gasteiger partial charge >= 0.3 is 0 Å². The maximum atomic E-state index is 12.6. The van der Waals surface area contributed by atoms with Gasteiger partial charge in [-0.05, 0) is 24.5 Å². The molecular weight excluding hydrogens is 368 g/mol. The van der Waals surface area contributed by atoms with Crippen molar-refractivity contribution in [3.8, 4) is 17.4 Å². The highest BCUT2D eigenvalue weighted by atomic mass is 32.2. The average molecular weight is 388 g/mol. The largest absolute Gasteiger partial charge is 0.493 e. The van der Waals surface area contributed by atoms with Crippen molar-refractivity contribution in [3.05, 3.63) is 30.3 Å². The standard InChI is InChI=1S/C18H20N4O4S/c1-24-13-7-5-11(9-14(13)25-2)19-15(23)10-22-17-12(20-18(22)27-4)6-8-16(21-17)26-3/h5-9H,10H2,1-4H3,(H,19,23). The normalized spacial score (nSPS) is 10.7. The van der Waals surface area contributed by atoms with E-state index in [0.717, 1.165) is 0 Å². The molecule has 8 nitrogen and oxygen atoms in total. The summed E-state index contributed by atoms with van der Waals surface area (Å²) in [6.45, 7) is 0.0706. The number of aromatic nitrogens is 3. The minimum absolute atomic E-state index is 0.0706. The van der Waals surface area contributed by atoms with Gasteiger partial charge in [0.25, 0.3) is 0 Å². The van der Waals surface area contributed by atoms with E-state index >= 15 is 0 Å². The van der Waals surface area contributed by atoms with Crippen LogP contribution in [0.5, 0.6) is 17.4 Å². The number of pyridine rings is 1. The van der Waals surface area contributed by atoms with Gasteiger partial charge in [-0.1, -0.05) is 11.8 Å². The fourth-order valence-corrected chi connectivity index (χ4v) is 3.19. The van der Waals surface area contributed by atoms with Gasteiger partial charge in [-0.15, -0.1) is 0 Å². The first-order chi connectivity index (χ1) is 13.1. The Balaban J connectivity index is 1.85. The summed E-state index contributed by atoms with van der Waals surface area (Å²) in [5.41, 5.74) is 1.92. The molecule has 0 saturated carbocycles. The smallest absolute Gasteiger partial charge is 0.244 e. The summed E-state index contributed by atoms with van der Waals surface area (Å²) in [7, 11) is 4.66. The maximum Gasteiger partial charge on any atom is 0.244 e. The SMILES string of the molecule is COc1ccc2nc(SC)n(CC(=O)Nc3ccc(OC)c(OC)c3)c2n1. The number of rotatable bonds is 7. The first kappa shape index (κ1) is 18.8. The Morgan fingerprint density at radius 2 is 1.85 bits per heavy atom. The Morgan fingerprint density at radius 3 is 2.52 bits per heavy atom. The highest BCUT2D eigenvalue weighted by Gasteiger charge is 2.16. The molecule has 0 radical (unpaired) electrons. The molecule has 1 aromatic carbocycles. The predicted octanol–water partition coefficient (Wildman–Crippen LogP) is 2.82. The zero-order valence-corrected chi connectivity index (χ0v) is 16.3. The van der Waals surface area contributed by atoms with Crippen molar-refractivity contribution < 1.29 is 19.0 Å². The Hall–Kier alpha value is -2.94. The topological polar surface area (TPSA) is 87.5 Å². The molecule has 2 aromatic heterocycles. The zero-order chi connectivity index (χ0) is 19.4. The van der Waals surface area contributed by atoms with E-state index in [1.165, 1.54) is 11.8 Å². The summed E-state index contributed by atoms with van der Waals surface area (Å²) in [5, 5.41) is 3.56. The number of hydrogen-bond donors (Lipinski definition) is 1. The lowest BCUT2D eigenvalue weighted by Crippen LogP contribution is -2.19. The Labute approximate surface area is 160 Å². The van der Waals surface area contributed by atoms with Gasteiger partial charge in [0.15, 0.2) is 22.3 Å². The van der Waals surface area contributed by atoms with Crippen LogP contribution in [0.15, 0.2) is 35.5 Å². The quantitative estimate of drug-likeness (QED) is 0.623. The minimum atomic E-state index is -0.207. The van der Waals surface area contributed by atoms with Gasteiger partial charge in [-0.3, -0.25) is 9.36 Å². The third-order valence-electron chi connectivity index (χ3n) is 3.89. The molecule has 142 valence electrons. The number of carbonyl (C=O) groups is 1. The Morgan fingerprint density at radius 1 is 1.07 bits per heavy atom. The van der Waals surface area contributed by atoms with Crippen LogP contribution in [-0.2, 0) is 11.3 Å². The molecule has 0 unspecified atom stereocenters. The molecule has 0 fully saturated rings. The van der Waals surface area contributed by atoms with Crippen molar-refractivity contribution in [3.63, 3.8) is 0 Å². The van der Waals surface area contributed by atoms with Crippen LogP contribution in [0.3, 0.4) is 0 Å². The van der Waals surface area contributed by atoms with Crippen LogP contribution in [0.25, 0.3) is 11.2 Å². The molecule has 0 spiro atoms. The third kappa shape index (κ3) is 3.92. The number of imidazole rings is 1. The van der Waals surface area contributed by atoms with E-state index in [1.54, 1.807) is 50.2 Å². The highest BCUT2D eigenvalue weighted by Crippen LogP contribution is 2.30. The van der Waals surface area contributed by atoms with E-state index in [9.17, 15) is 4.79 Å². The van der Waals surface area contributed by atoms with E-state index in [4.69, 9.17) is 14.2 Å². The Bertz CT molecular complexity index is 973. The average Bonchev–Trinajstić information content (AvgIpc) is 3.04. The maximum absolute atomic E-state index is 12.6. The molecule has 0 aliphatic carbocycles. The zero-order valence-electron chi connectivity index (χ0n) is 15.5. The molecule has 2 heterocycles. The second-order valence-corrected chi connectivity index (χ2v) is 6.27. The molecule has 3 rings (SSSR count). The number of carbonyl (C=O) groups excluding carboxylic acids is 1. The molecular formula is C18H20N4O4S. The number of hydrogen-bond acceptors (Lipinski definition) is 7. The van der Waals surface area contributed by atoms with Gasteiger partial charge in [-0.25, -0.2) is 4.98 Å². The molecule has 0 bridgehead atoms. The van der Waals surface area contributed by atoms with Crippen molar-refractivity contribution in [1.29, 1.82) is 0 Å². The van der Waals surface area contributed by atoms with Crippen molar-refractivity contribution in [2.24, 2.45) is 0 Å². The molecule has 0 saturated heterocycles. The molecule has 1 N–H and O–H groups in total. The number of anilines is 1. The summed E-state index contributed by atoms with van der Waals surface area (Å²) in [6, 6.07) is 8.76.